The molecule has 6 nitrogen and oxygen atoms in total. The van der Waals surface area contributed by atoms with Crippen LogP contribution in [0.4, 0.5) is 10.1 Å². The molecule has 2 aromatic carbocycles. The van der Waals surface area contributed by atoms with Crippen LogP contribution in [-0.2, 0) is 14.3 Å². The molecule has 1 fully saturated rings. The first-order valence-corrected chi connectivity index (χ1v) is 10.4. The number of hydrogen-bond donors (Lipinski definition) is 1. The van der Waals surface area contributed by atoms with Crippen molar-refractivity contribution < 1.29 is 18.7 Å². The molecule has 1 N–H and O–H groups in total. The lowest BCUT2D eigenvalue weighted by Crippen LogP contribution is -2.43. The second kappa shape index (κ2) is 8.99. The maximum atomic E-state index is 13.5. The molecule has 0 spiro atoms. The van der Waals surface area contributed by atoms with Gasteiger partial charge in [0.25, 0.3) is 11.8 Å². The van der Waals surface area contributed by atoms with Gasteiger partial charge in [-0.05, 0) is 48.7 Å². The standard InChI is InChI=1S/C24H26FN3O3/c1-16-3-4-17(2)20(15-16)26-22-21(18-5-7-19(25)8-6-18)23(29)28(24(22)30)10-9-27-11-13-31-14-12-27/h3-8,15,26H,9-14H2,1-2H3. The Labute approximate surface area is 181 Å². The number of nitrogens with zero attached hydrogens (tertiary/aromatic N) is 2. The molecule has 7 heteroatoms. The fraction of sp³-hybridized carbons (Fsp3) is 0.333. The van der Waals surface area contributed by atoms with Crippen molar-refractivity contribution in [3.8, 4) is 0 Å². The van der Waals surface area contributed by atoms with E-state index in [0.29, 0.717) is 31.9 Å². The Morgan fingerprint density at radius 1 is 0.968 bits per heavy atom. The third-order valence-electron chi connectivity index (χ3n) is 5.70. The first-order valence-electron chi connectivity index (χ1n) is 10.4. The predicted octanol–water partition coefficient (Wildman–Crippen LogP) is 2.97. The minimum absolute atomic E-state index is 0.229. The molecule has 162 valence electrons. The Hall–Kier alpha value is -3.03. The summed E-state index contributed by atoms with van der Waals surface area (Å²) < 4.78 is 18.8. The number of nitrogens with one attached hydrogen (secondary N) is 1. The molecule has 4 rings (SSSR count). The topological polar surface area (TPSA) is 61.9 Å². The molecule has 0 bridgehead atoms. The average molecular weight is 423 g/mol. The summed E-state index contributed by atoms with van der Waals surface area (Å²) in [5.74, 6) is -1.12. The van der Waals surface area contributed by atoms with Crippen LogP contribution in [0, 0.1) is 19.7 Å². The lowest BCUT2D eigenvalue weighted by atomic mass is 10.0. The molecule has 0 saturated carbocycles. The Morgan fingerprint density at radius 3 is 2.39 bits per heavy atom. The van der Waals surface area contributed by atoms with Crippen LogP contribution in [0.25, 0.3) is 5.57 Å². The monoisotopic (exact) mass is 423 g/mol. The van der Waals surface area contributed by atoms with E-state index in [1.54, 1.807) is 0 Å². The van der Waals surface area contributed by atoms with Crippen LogP contribution in [0.3, 0.4) is 0 Å². The summed E-state index contributed by atoms with van der Waals surface area (Å²) in [6.07, 6.45) is 0. The Bertz CT molecular complexity index is 1030. The van der Waals surface area contributed by atoms with E-state index in [-0.39, 0.29) is 23.1 Å². The highest BCUT2D eigenvalue weighted by molar-refractivity contribution is 6.36. The number of hydrogen-bond acceptors (Lipinski definition) is 5. The molecule has 2 heterocycles. The second-order valence-corrected chi connectivity index (χ2v) is 7.92. The van der Waals surface area contributed by atoms with Crippen LogP contribution in [0.5, 0.6) is 0 Å². The minimum atomic E-state index is -0.394. The number of benzene rings is 2. The number of morpholine rings is 1. The van der Waals surface area contributed by atoms with Gasteiger partial charge in [0.15, 0.2) is 0 Å². The highest BCUT2D eigenvalue weighted by Gasteiger charge is 2.39. The summed E-state index contributed by atoms with van der Waals surface area (Å²) in [5.41, 5.74) is 3.79. The van der Waals surface area contributed by atoms with Crippen molar-refractivity contribution in [3.63, 3.8) is 0 Å². The van der Waals surface area contributed by atoms with E-state index in [1.807, 2.05) is 32.0 Å². The zero-order chi connectivity index (χ0) is 22.0. The predicted molar refractivity (Wildman–Crippen MR) is 117 cm³/mol. The SMILES string of the molecule is Cc1ccc(C)c(NC2=C(c3ccc(F)cc3)C(=O)N(CCN3CCOCC3)C2=O)c1. The lowest BCUT2D eigenvalue weighted by Gasteiger charge is -2.28. The zero-order valence-electron chi connectivity index (χ0n) is 17.8. The Kier molecular flexibility index (Phi) is 6.15. The zero-order valence-corrected chi connectivity index (χ0v) is 17.8. The highest BCUT2D eigenvalue weighted by Crippen LogP contribution is 2.31. The van der Waals surface area contributed by atoms with Gasteiger partial charge in [-0.3, -0.25) is 19.4 Å². The van der Waals surface area contributed by atoms with E-state index in [9.17, 15) is 14.0 Å². The molecule has 2 aliphatic rings. The molecule has 0 aromatic heterocycles. The van der Waals surface area contributed by atoms with E-state index in [0.717, 1.165) is 29.9 Å². The van der Waals surface area contributed by atoms with Gasteiger partial charge in [-0.15, -0.1) is 0 Å². The second-order valence-electron chi connectivity index (χ2n) is 7.92. The summed E-state index contributed by atoms with van der Waals surface area (Å²) >= 11 is 0. The fourth-order valence-corrected chi connectivity index (χ4v) is 3.85. The summed E-state index contributed by atoms with van der Waals surface area (Å²) in [4.78, 5) is 30.1. The van der Waals surface area contributed by atoms with Crippen LogP contribution in [0.15, 0.2) is 48.2 Å². The fourth-order valence-electron chi connectivity index (χ4n) is 3.85. The molecular weight excluding hydrogens is 397 g/mol. The van der Waals surface area contributed by atoms with Crippen LogP contribution in [0.2, 0.25) is 0 Å². The number of amides is 2. The van der Waals surface area contributed by atoms with E-state index in [1.165, 1.54) is 29.2 Å². The molecule has 31 heavy (non-hydrogen) atoms. The molecule has 1 saturated heterocycles. The maximum Gasteiger partial charge on any atom is 0.278 e. The van der Waals surface area contributed by atoms with Gasteiger partial charge in [0.2, 0.25) is 0 Å². The van der Waals surface area contributed by atoms with Crippen LogP contribution < -0.4 is 5.32 Å². The van der Waals surface area contributed by atoms with Crippen molar-refractivity contribution >= 4 is 23.1 Å². The van der Waals surface area contributed by atoms with Gasteiger partial charge in [0.1, 0.15) is 11.5 Å². The van der Waals surface area contributed by atoms with Crippen molar-refractivity contribution in [1.82, 2.24) is 9.80 Å². The van der Waals surface area contributed by atoms with E-state index < -0.39 is 5.82 Å². The highest BCUT2D eigenvalue weighted by atomic mass is 19.1. The van der Waals surface area contributed by atoms with Gasteiger partial charge in [0.05, 0.1) is 18.8 Å². The molecule has 0 unspecified atom stereocenters. The normalized spacial score (nSPS) is 17.6. The van der Waals surface area contributed by atoms with Gasteiger partial charge < -0.3 is 10.1 Å². The number of ether oxygens (including phenoxy) is 1. The third kappa shape index (κ3) is 4.52. The van der Waals surface area contributed by atoms with Gasteiger partial charge in [-0.1, -0.05) is 24.3 Å². The quantitative estimate of drug-likeness (QED) is 0.724. The number of anilines is 1. The molecule has 2 amide bonds. The molecule has 2 aliphatic heterocycles. The van der Waals surface area contributed by atoms with Crippen LogP contribution in [-0.4, -0.2) is 61.0 Å². The summed E-state index contributed by atoms with van der Waals surface area (Å²) in [6.45, 7) is 7.66. The number of imide groups is 1. The maximum absolute atomic E-state index is 13.5. The number of halogens is 1. The third-order valence-corrected chi connectivity index (χ3v) is 5.70. The first-order chi connectivity index (χ1) is 14.9. The number of carbonyl (C=O) groups is 2. The number of rotatable bonds is 6. The minimum Gasteiger partial charge on any atom is -0.379 e. The summed E-state index contributed by atoms with van der Waals surface area (Å²) in [7, 11) is 0. The van der Waals surface area contributed by atoms with E-state index >= 15 is 0 Å². The average Bonchev–Trinajstić information content (AvgIpc) is 3.00. The number of aryl methyl sites for hydroxylation is 2. The van der Waals surface area contributed by atoms with E-state index in [4.69, 9.17) is 4.74 Å². The van der Waals surface area contributed by atoms with Gasteiger partial charge in [-0.2, -0.15) is 0 Å². The van der Waals surface area contributed by atoms with Crippen LogP contribution in [0.1, 0.15) is 16.7 Å². The molecule has 0 aliphatic carbocycles. The lowest BCUT2D eigenvalue weighted by molar-refractivity contribution is -0.137. The largest absolute Gasteiger partial charge is 0.379 e. The molecule has 2 aromatic rings. The van der Waals surface area contributed by atoms with Crippen molar-refractivity contribution in [2.75, 3.05) is 44.7 Å². The van der Waals surface area contributed by atoms with Gasteiger partial charge >= 0.3 is 0 Å². The van der Waals surface area contributed by atoms with Crippen LogP contribution >= 0.6 is 0 Å². The first kappa shape index (κ1) is 21.2. The van der Waals surface area contributed by atoms with Crippen molar-refractivity contribution in [1.29, 1.82) is 0 Å². The Balaban J connectivity index is 1.65. The summed E-state index contributed by atoms with van der Waals surface area (Å²) in [6, 6.07) is 11.6. The van der Waals surface area contributed by atoms with Gasteiger partial charge in [-0.25, -0.2) is 4.39 Å². The van der Waals surface area contributed by atoms with Crippen molar-refractivity contribution in [3.05, 3.63) is 70.7 Å². The molecule has 0 radical (unpaired) electrons. The van der Waals surface area contributed by atoms with Crippen molar-refractivity contribution in [2.24, 2.45) is 0 Å². The molecule has 0 atom stereocenters. The van der Waals surface area contributed by atoms with E-state index in [2.05, 4.69) is 10.2 Å². The van der Waals surface area contributed by atoms with Crippen molar-refractivity contribution in [2.45, 2.75) is 13.8 Å². The van der Waals surface area contributed by atoms with Gasteiger partial charge in [0, 0.05) is 31.9 Å². The summed E-state index contributed by atoms with van der Waals surface area (Å²) in [5, 5.41) is 3.20. The smallest absolute Gasteiger partial charge is 0.278 e. The number of carbonyl (C=O) groups excluding carboxylic acids is 2. The Morgan fingerprint density at radius 2 is 1.68 bits per heavy atom. The molecular formula is C24H26FN3O3.